The highest BCUT2D eigenvalue weighted by atomic mass is 35.5. The van der Waals surface area contributed by atoms with Gasteiger partial charge in [0.1, 0.15) is 5.82 Å². The summed E-state index contributed by atoms with van der Waals surface area (Å²) < 4.78 is 0. The quantitative estimate of drug-likeness (QED) is 0.361. The number of nitrogens with zero attached hydrogens (tertiary/aromatic N) is 2. The summed E-state index contributed by atoms with van der Waals surface area (Å²) in [5.41, 5.74) is 4.10. The van der Waals surface area contributed by atoms with E-state index in [1.807, 2.05) is 49.4 Å². The molecule has 1 saturated heterocycles. The average Bonchev–Trinajstić information content (AvgIpc) is 3.51. The van der Waals surface area contributed by atoms with Crippen LogP contribution in [0, 0.1) is 12.8 Å². The van der Waals surface area contributed by atoms with E-state index in [0.29, 0.717) is 0 Å². The molecule has 2 heterocycles. The summed E-state index contributed by atoms with van der Waals surface area (Å²) in [6.07, 6.45) is 7.00. The molecule has 1 atom stereocenters. The number of hydrogen-bond acceptors (Lipinski definition) is 3. The number of nitrogens with one attached hydrogen (secondary N) is 2. The Morgan fingerprint density at radius 3 is 2.65 bits per heavy atom. The summed E-state index contributed by atoms with van der Waals surface area (Å²) in [6, 6.07) is 13.9. The van der Waals surface area contributed by atoms with Crippen LogP contribution >= 0.6 is 11.6 Å². The van der Waals surface area contributed by atoms with E-state index in [1.165, 1.54) is 37.9 Å². The van der Waals surface area contributed by atoms with Crippen molar-refractivity contribution in [1.29, 1.82) is 0 Å². The number of benzene rings is 2. The van der Waals surface area contributed by atoms with Gasteiger partial charge in [-0.1, -0.05) is 62.1 Å². The molecule has 1 aromatic heterocycles. The van der Waals surface area contributed by atoms with Crippen LogP contribution in [-0.4, -0.2) is 47.0 Å². The fraction of sp³-hybridized carbons (Fsp3) is 0.500. The van der Waals surface area contributed by atoms with Crippen molar-refractivity contribution < 1.29 is 4.79 Å². The van der Waals surface area contributed by atoms with Crippen LogP contribution in [0.3, 0.4) is 0 Å². The number of unbranched alkanes of at least 4 members (excludes halogenated alkanes) is 1. The monoisotopic (exact) mass is 482 g/mol. The Bertz CT molecular complexity index is 1010. The van der Waals surface area contributed by atoms with Gasteiger partial charge >= 0.3 is 0 Å². The maximum atomic E-state index is 11.9. The predicted molar refractivity (Wildman–Crippen MR) is 143 cm³/mol. The first-order valence-corrected chi connectivity index (χ1v) is 13.1. The minimum atomic E-state index is 0.230. The third-order valence-corrected chi connectivity index (χ3v) is 6.79. The highest BCUT2D eigenvalue weighted by molar-refractivity contribution is 6.33. The first kappa shape index (κ1) is 26.2. The molecule has 184 valence electrons. The zero-order chi connectivity index (χ0) is 24.3. The summed E-state index contributed by atoms with van der Waals surface area (Å²) in [4.78, 5) is 22.2. The molecule has 1 amide bonds. The number of para-hydroxylation sites is 2. The first-order valence-electron chi connectivity index (χ1n) is 12.7. The van der Waals surface area contributed by atoms with Crippen molar-refractivity contribution in [3.63, 3.8) is 0 Å². The van der Waals surface area contributed by atoms with Gasteiger partial charge in [0.2, 0.25) is 5.91 Å². The van der Waals surface area contributed by atoms with Crippen molar-refractivity contribution >= 4 is 28.5 Å². The molecule has 3 aromatic rings. The van der Waals surface area contributed by atoms with E-state index in [-0.39, 0.29) is 11.8 Å². The number of halogens is 1. The van der Waals surface area contributed by atoms with Gasteiger partial charge in [0, 0.05) is 24.6 Å². The number of rotatable bonds is 9. The van der Waals surface area contributed by atoms with E-state index < -0.39 is 0 Å². The zero-order valence-corrected chi connectivity index (χ0v) is 21.6. The standard InChI is InChI=1S/C14H11ClN2.C14H28N2O/c1-9-6-7-11(15)10(8-9)14-16-12-4-2-3-5-13(12)17-14;1-3-5-8-13(4-2)14(17)15-9-12-16-10-6-7-11-16/h2-8H,1H3,(H,16,17);13H,3-12H2,1-2H3,(H,15,17)/t;13-/m.0/s1. The van der Waals surface area contributed by atoms with Gasteiger partial charge < -0.3 is 15.2 Å². The molecule has 1 aliphatic heterocycles. The lowest BCUT2D eigenvalue weighted by Gasteiger charge is -2.17. The number of H-pyrrole nitrogens is 1. The predicted octanol–water partition coefficient (Wildman–Crippen LogP) is 6.61. The summed E-state index contributed by atoms with van der Waals surface area (Å²) in [5, 5.41) is 3.81. The lowest BCUT2D eigenvalue weighted by atomic mass is 9.98. The third-order valence-electron chi connectivity index (χ3n) is 6.46. The molecule has 6 heteroatoms. The summed E-state index contributed by atoms with van der Waals surface area (Å²) in [7, 11) is 0. The SMILES string of the molecule is CCCC[C@H](CC)C(=O)NCCN1CCCC1.Cc1ccc(Cl)c(-c2nc3ccccc3[nH]2)c1. The number of carbonyl (C=O) groups is 1. The summed E-state index contributed by atoms with van der Waals surface area (Å²) >= 11 is 6.20. The second kappa shape index (κ2) is 13.5. The van der Waals surface area contributed by atoms with Gasteiger partial charge in [-0.25, -0.2) is 4.98 Å². The highest BCUT2D eigenvalue weighted by Crippen LogP contribution is 2.28. The molecular weight excluding hydrogens is 444 g/mol. The van der Waals surface area contributed by atoms with Crippen LogP contribution in [0.15, 0.2) is 42.5 Å². The van der Waals surface area contributed by atoms with E-state index in [2.05, 4.69) is 34.0 Å². The molecule has 5 nitrogen and oxygen atoms in total. The number of likely N-dealkylation sites (tertiary alicyclic amines) is 1. The lowest BCUT2D eigenvalue weighted by molar-refractivity contribution is -0.125. The van der Waals surface area contributed by atoms with Gasteiger partial charge in [-0.3, -0.25) is 4.79 Å². The Balaban J connectivity index is 0.000000191. The number of aryl methyl sites for hydroxylation is 1. The normalized spacial score (nSPS) is 14.6. The number of amides is 1. The van der Waals surface area contributed by atoms with E-state index in [0.717, 1.165) is 59.8 Å². The highest BCUT2D eigenvalue weighted by Gasteiger charge is 2.16. The molecule has 34 heavy (non-hydrogen) atoms. The summed E-state index contributed by atoms with van der Waals surface area (Å²) in [6.45, 7) is 10.6. The Kier molecular flexibility index (Phi) is 10.4. The maximum absolute atomic E-state index is 11.9. The van der Waals surface area contributed by atoms with Gasteiger partial charge in [-0.05, 0) is 70.0 Å². The molecule has 0 unspecified atom stereocenters. The van der Waals surface area contributed by atoms with Crippen molar-refractivity contribution in [1.82, 2.24) is 20.2 Å². The van der Waals surface area contributed by atoms with E-state index in [9.17, 15) is 4.79 Å². The van der Waals surface area contributed by atoms with Crippen LogP contribution in [0.4, 0.5) is 0 Å². The van der Waals surface area contributed by atoms with Crippen molar-refractivity contribution in [2.75, 3.05) is 26.2 Å². The number of aromatic nitrogens is 2. The van der Waals surface area contributed by atoms with Crippen LogP contribution in [0.1, 0.15) is 57.9 Å². The van der Waals surface area contributed by atoms with E-state index in [4.69, 9.17) is 11.6 Å². The molecule has 4 rings (SSSR count). The largest absolute Gasteiger partial charge is 0.355 e. The second-order valence-corrected chi connectivity index (χ2v) is 9.58. The Morgan fingerprint density at radius 1 is 1.18 bits per heavy atom. The molecular formula is C28H39ClN4O. The first-order chi connectivity index (χ1) is 16.5. The van der Waals surface area contributed by atoms with Crippen LogP contribution in [0.2, 0.25) is 5.02 Å². The molecule has 0 spiro atoms. The second-order valence-electron chi connectivity index (χ2n) is 9.17. The van der Waals surface area contributed by atoms with Crippen LogP contribution < -0.4 is 5.32 Å². The molecule has 2 aromatic carbocycles. The number of imidazole rings is 1. The van der Waals surface area contributed by atoms with Gasteiger partial charge in [-0.2, -0.15) is 0 Å². The molecule has 0 radical (unpaired) electrons. The molecule has 0 aliphatic carbocycles. The molecule has 1 fully saturated rings. The fourth-order valence-corrected chi connectivity index (χ4v) is 4.57. The van der Waals surface area contributed by atoms with E-state index >= 15 is 0 Å². The van der Waals surface area contributed by atoms with Crippen molar-refractivity contribution in [2.24, 2.45) is 5.92 Å². The number of hydrogen-bond donors (Lipinski definition) is 2. The minimum Gasteiger partial charge on any atom is -0.355 e. The molecule has 0 bridgehead atoms. The van der Waals surface area contributed by atoms with E-state index in [1.54, 1.807) is 0 Å². The van der Waals surface area contributed by atoms with Gasteiger partial charge in [0.05, 0.1) is 16.1 Å². The average molecular weight is 483 g/mol. The van der Waals surface area contributed by atoms with Crippen molar-refractivity contribution in [2.45, 2.75) is 59.3 Å². The zero-order valence-electron chi connectivity index (χ0n) is 20.9. The lowest BCUT2D eigenvalue weighted by Crippen LogP contribution is -2.36. The minimum absolute atomic E-state index is 0.230. The van der Waals surface area contributed by atoms with Crippen LogP contribution in [0.25, 0.3) is 22.4 Å². The van der Waals surface area contributed by atoms with Crippen LogP contribution in [0.5, 0.6) is 0 Å². The van der Waals surface area contributed by atoms with Gasteiger partial charge in [-0.15, -0.1) is 0 Å². The fourth-order valence-electron chi connectivity index (χ4n) is 4.36. The molecule has 0 saturated carbocycles. The Labute approximate surface area is 209 Å². The molecule has 2 N–H and O–H groups in total. The maximum Gasteiger partial charge on any atom is 0.223 e. The smallest absolute Gasteiger partial charge is 0.223 e. The number of aromatic amines is 1. The number of fused-ring (bicyclic) bond motifs is 1. The summed E-state index contributed by atoms with van der Waals surface area (Å²) in [5.74, 6) is 1.31. The number of carbonyl (C=O) groups excluding carboxylic acids is 1. The Morgan fingerprint density at radius 2 is 1.94 bits per heavy atom. The van der Waals surface area contributed by atoms with Crippen molar-refractivity contribution in [3.05, 3.63) is 53.1 Å². The van der Waals surface area contributed by atoms with Gasteiger partial charge in [0.25, 0.3) is 0 Å². The van der Waals surface area contributed by atoms with Crippen molar-refractivity contribution in [3.8, 4) is 11.4 Å². The third kappa shape index (κ3) is 7.57. The molecule has 1 aliphatic rings. The topological polar surface area (TPSA) is 61.0 Å². The van der Waals surface area contributed by atoms with Crippen LogP contribution in [-0.2, 0) is 4.79 Å². The Hall–Kier alpha value is -2.37. The van der Waals surface area contributed by atoms with Gasteiger partial charge in [0.15, 0.2) is 0 Å².